The SMILES string of the molecule is Oc1cncnc1C1CCCS1. The van der Waals surface area contributed by atoms with Crippen LogP contribution in [-0.2, 0) is 0 Å². The van der Waals surface area contributed by atoms with Crippen molar-refractivity contribution in [3.05, 3.63) is 18.2 Å². The van der Waals surface area contributed by atoms with E-state index in [1.54, 1.807) is 0 Å². The fraction of sp³-hybridized carbons (Fsp3) is 0.500. The van der Waals surface area contributed by atoms with Crippen LogP contribution in [0.4, 0.5) is 0 Å². The van der Waals surface area contributed by atoms with Crippen molar-refractivity contribution in [1.29, 1.82) is 0 Å². The number of aromatic hydroxyl groups is 1. The largest absolute Gasteiger partial charge is 0.504 e. The van der Waals surface area contributed by atoms with Crippen LogP contribution < -0.4 is 0 Å². The van der Waals surface area contributed by atoms with Crippen molar-refractivity contribution in [3.8, 4) is 5.75 Å². The second kappa shape index (κ2) is 3.31. The third kappa shape index (κ3) is 1.39. The molecule has 0 spiro atoms. The summed E-state index contributed by atoms with van der Waals surface area (Å²) in [6, 6.07) is 0. The van der Waals surface area contributed by atoms with Crippen molar-refractivity contribution >= 4 is 11.8 Å². The van der Waals surface area contributed by atoms with Gasteiger partial charge in [-0.05, 0) is 18.6 Å². The van der Waals surface area contributed by atoms with Gasteiger partial charge < -0.3 is 5.11 Å². The molecule has 0 radical (unpaired) electrons. The maximum Gasteiger partial charge on any atom is 0.156 e. The molecule has 1 saturated heterocycles. The molecule has 0 aliphatic carbocycles. The molecule has 3 nitrogen and oxygen atoms in total. The van der Waals surface area contributed by atoms with Crippen molar-refractivity contribution < 1.29 is 5.11 Å². The first-order valence-electron chi connectivity index (χ1n) is 3.98. The average molecular weight is 182 g/mol. The Labute approximate surface area is 75.2 Å². The lowest BCUT2D eigenvalue weighted by molar-refractivity contribution is 0.459. The molecule has 1 aromatic rings. The zero-order chi connectivity index (χ0) is 8.39. The van der Waals surface area contributed by atoms with Crippen LogP contribution in [0.3, 0.4) is 0 Å². The van der Waals surface area contributed by atoms with E-state index in [4.69, 9.17) is 0 Å². The summed E-state index contributed by atoms with van der Waals surface area (Å²) in [6.45, 7) is 0. The highest BCUT2D eigenvalue weighted by Crippen LogP contribution is 2.41. The molecule has 4 heteroatoms. The first-order valence-corrected chi connectivity index (χ1v) is 5.03. The van der Waals surface area contributed by atoms with E-state index in [9.17, 15) is 5.11 Å². The predicted molar refractivity (Wildman–Crippen MR) is 48.1 cm³/mol. The first kappa shape index (κ1) is 7.86. The van der Waals surface area contributed by atoms with Gasteiger partial charge in [-0.3, -0.25) is 0 Å². The van der Waals surface area contributed by atoms with Crippen LogP contribution in [0.1, 0.15) is 23.8 Å². The lowest BCUT2D eigenvalue weighted by atomic mass is 10.2. The van der Waals surface area contributed by atoms with E-state index in [-0.39, 0.29) is 5.75 Å². The Morgan fingerprint density at radius 3 is 3.17 bits per heavy atom. The molecule has 0 saturated carbocycles. The monoisotopic (exact) mass is 182 g/mol. The predicted octanol–water partition coefficient (Wildman–Crippen LogP) is 1.75. The Morgan fingerprint density at radius 2 is 2.50 bits per heavy atom. The van der Waals surface area contributed by atoms with E-state index >= 15 is 0 Å². The van der Waals surface area contributed by atoms with Gasteiger partial charge in [0.05, 0.1) is 17.1 Å². The summed E-state index contributed by atoms with van der Waals surface area (Å²) in [5.41, 5.74) is 0.799. The van der Waals surface area contributed by atoms with Gasteiger partial charge in [-0.15, -0.1) is 0 Å². The molecule has 1 N–H and O–H groups in total. The summed E-state index contributed by atoms with van der Waals surface area (Å²) in [7, 11) is 0. The molecule has 1 unspecified atom stereocenters. The van der Waals surface area contributed by atoms with Crippen molar-refractivity contribution in [2.45, 2.75) is 18.1 Å². The van der Waals surface area contributed by atoms with Gasteiger partial charge in [-0.25, -0.2) is 9.97 Å². The highest BCUT2D eigenvalue weighted by atomic mass is 32.2. The molecule has 1 aliphatic rings. The van der Waals surface area contributed by atoms with E-state index in [0.717, 1.165) is 12.1 Å². The molecule has 12 heavy (non-hydrogen) atoms. The van der Waals surface area contributed by atoms with E-state index in [2.05, 4.69) is 9.97 Å². The van der Waals surface area contributed by atoms with Crippen molar-refractivity contribution in [3.63, 3.8) is 0 Å². The van der Waals surface area contributed by atoms with Crippen LogP contribution in [0.15, 0.2) is 12.5 Å². The van der Waals surface area contributed by atoms with E-state index in [0.29, 0.717) is 5.25 Å². The molecule has 1 aromatic heterocycles. The van der Waals surface area contributed by atoms with E-state index in [1.807, 2.05) is 11.8 Å². The Kier molecular flexibility index (Phi) is 2.17. The second-order valence-electron chi connectivity index (χ2n) is 2.79. The smallest absolute Gasteiger partial charge is 0.156 e. The maximum atomic E-state index is 9.43. The summed E-state index contributed by atoms with van der Waals surface area (Å²) in [5.74, 6) is 1.41. The van der Waals surface area contributed by atoms with Crippen molar-refractivity contribution in [1.82, 2.24) is 9.97 Å². The van der Waals surface area contributed by atoms with Gasteiger partial charge in [0.2, 0.25) is 0 Å². The van der Waals surface area contributed by atoms with Crippen LogP contribution in [-0.4, -0.2) is 20.8 Å². The third-order valence-corrected chi connectivity index (χ3v) is 3.34. The third-order valence-electron chi connectivity index (χ3n) is 1.96. The molecule has 1 fully saturated rings. The fourth-order valence-electron chi connectivity index (χ4n) is 1.37. The number of rotatable bonds is 1. The second-order valence-corrected chi connectivity index (χ2v) is 4.11. The Hall–Kier alpha value is -0.770. The first-order chi connectivity index (χ1) is 5.88. The normalized spacial score (nSPS) is 22.8. The standard InChI is InChI=1S/C8H10N2OS/c11-6-4-9-5-10-8(6)7-2-1-3-12-7/h4-5,7,11H,1-3H2. The minimum atomic E-state index is 0.233. The van der Waals surface area contributed by atoms with Crippen LogP contribution in [0, 0.1) is 0 Å². The summed E-state index contributed by atoms with van der Waals surface area (Å²) in [5, 5.41) is 9.82. The minimum Gasteiger partial charge on any atom is -0.504 e. The molecule has 0 bridgehead atoms. The topological polar surface area (TPSA) is 46.0 Å². The van der Waals surface area contributed by atoms with Gasteiger partial charge in [0.1, 0.15) is 6.33 Å². The molecule has 0 aromatic carbocycles. The molecule has 0 amide bonds. The Morgan fingerprint density at radius 1 is 1.58 bits per heavy atom. The minimum absolute atomic E-state index is 0.233. The number of nitrogens with zero attached hydrogens (tertiary/aromatic N) is 2. The summed E-state index contributed by atoms with van der Waals surface area (Å²) in [4.78, 5) is 7.82. The lowest BCUT2D eigenvalue weighted by Gasteiger charge is -2.07. The number of hydrogen-bond acceptors (Lipinski definition) is 4. The van der Waals surface area contributed by atoms with Crippen LogP contribution in [0.2, 0.25) is 0 Å². The van der Waals surface area contributed by atoms with Gasteiger partial charge in [-0.2, -0.15) is 11.8 Å². The van der Waals surface area contributed by atoms with Gasteiger partial charge >= 0.3 is 0 Å². The quantitative estimate of drug-likeness (QED) is 0.718. The highest BCUT2D eigenvalue weighted by molar-refractivity contribution is 7.99. The summed E-state index contributed by atoms with van der Waals surface area (Å²) in [6.07, 6.45) is 5.29. The zero-order valence-electron chi connectivity index (χ0n) is 6.60. The Bertz CT molecular complexity index is 274. The zero-order valence-corrected chi connectivity index (χ0v) is 7.42. The van der Waals surface area contributed by atoms with Crippen LogP contribution in [0.5, 0.6) is 5.75 Å². The van der Waals surface area contributed by atoms with Crippen molar-refractivity contribution in [2.24, 2.45) is 0 Å². The molecular formula is C8H10N2OS. The van der Waals surface area contributed by atoms with Crippen LogP contribution >= 0.6 is 11.8 Å². The molecular weight excluding hydrogens is 172 g/mol. The fourth-order valence-corrected chi connectivity index (χ4v) is 2.66. The number of thioether (sulfide) groups is 1. The summed E-state index contributed by atoms with van der Waals surface area (Å²) < 4.78 is 0. The average Bonchev–Trinajstić information content (AvgIpc) is 2.57. The van der Waals surface area contributed by atoms with E-state index in [1.165, 1.54) is 24.7 Å². The van der Waals surface area contributed by atoms with Gasteiger partial charge in [0, 0.05) is 0 Å². The van der Waals surface area contributed by atoms with Crippen LogP contribution in [0.25, 0.3) is 0 Å². The molecule has 1 aliphatic heterocycles. The molecule has 64 valence electrons. The van der Waals surface area contributed by atoms with Gasteiger partial charge in [-0.1, -0.05) is 0 Å². The molecule has 2 rings (SSSR count). The molecule has 1 atom stereocenters. The molecule has 2 heterocycles. The van der Waals surface area contributed by atoms with Gasteiger partial charge in [0.15, 0.2) is 5.75 Å². The lowest BCUT2D eigenvalue weighted by Crippen LogP contribution is -1.94. The highest BCUT2D eigenvalue weighted by Gasteiger charge is 2.21. The van der Waals surface area contributed by atoms with Gasteiger partial charge in [0.25, 0.3) is 0 Å². The van der Waals surface area contributed by atoms with Crippen molar-refractivity contribution in [2.75, 3.05) is 5.75 Å². The van der Waals surface area contributed by atoms with E-state index < -0.39 is 0 Å². The number of aromatic nitrogens is 2. The number of hydrogen-bond donors (Lipinski definition) is 1. The maximum absolute atomic E-state index is 9.43. The summed E-state index contributed by atoms with van der Waals surface area (Å²) >= 11 is 1.86. The Balaban J connectivity index is 2.26.